The van der Waals surface area contributed by atoms with Crippen molar-refractivity contribution in [3.05, 3.63) is 86.6 Å². The Bertz CT molecular complexity index is 1230. The molecule has 0 radical (unpaired) electrons. The minimum atomic E-state index is -0.159. The Labute approximate surface area is 175 Å². The molecule has 8 heteroatoms. The van der Waals surface area contributed by atoms with Crippen molar-refractivity contribution in [3.63, 3.8) is 0 Å². The molecule has 6 nitrogen and oxygen atoms in total. The molecule has 0 unspecified atom stereocenters. The molecule has 0 atom stereocenters. The number of fused-ring (bicyclic) bond motifs is 1. The Kier molecular flexibility index (Phi) is 5.69. The highest BCUT2D eigenvalue weighted by atomic mass is 35.5. The van der Waals surface area contributed by atoms with Gasteiger partial charge in [0.25, 0.3) is 0 Å². The number of carbonyl (C=O) groups is 1. The van der Waals surface area contributed by atoms with Gasteiger partial charge in [-0.15, -0.1) is 11.3 Å². The largest absolute Gasteiger partial charge is 0.302 e. The Balaban J connectivity index is 1.39. The van der Waals surface area contributed by atoms with Crippen LogP contribution in [0.3, 0.4) is 0 Å². The molecule has 0 fully saturated rings. The number of aryl methyl sites for hydroxylation is 1. The van der Waals surface area contributed by atoms with Gasteiger partial charge in [0.2, 0.25) is 11.3 Å². The van der Waals surface area contributed by atoms with Gasteiger partial charge >= 0.3 is 0 Å². The van der Waals surface area contributed by atoms with Crippen molar-refractivity contribution in [1.82, 2.24) is 14.8 Å². The van der Waals surface area contributed by atoms with E-state index in [1.54, 1.807) is 16.9 Å². The van der Waals surface area contributed by atoms with E-state index < -0.39 is 0 Å². The molecule has 29 heavy (non-hydrogen) atoms. The smallest absolute Gasteiger partial charge is 0.228 e. The first-order valence-corrected chi connectivity index (χ1v) is 10.2. The highest BCUT2D eigenvalue weighted by molar-refractivity contribution is 7.15. The standard InChI is InChI=1S/C21H17ClN4O2S/c22-17-7-3-1-5-14(17)11-15-12-23-21(29-15)25-20(28)9-10-26-18-8-4-2-6-16(18)19(27)13-24-26/h1-8,12-13H,9-11H2,(H,23,25,28). The number of thiazole rings is 1. The molecule has 0 saturated heterocycles. The first-order chi connectivity index (χ1) is 14.1. The third-order valence-corrected chi connectivity index (χ3v) is 5.72. The summed E-state index contributed by atoms with van der Waals surface area (Å²) in [4.78, 5) is 29.5. The molecule has 0 aliphatic carbocycles. The number of nitrogens with zero attached hydrogens (tertiary/aromatic N) is 3. The third-order valence-electron chi connectivity index (χ3n) is 4.44. The number of amides is 1. The van der Waals surface area contributed by atoms with E-state index in [2.05, 4.69) is 15.4 Å². The number of aromatic nitrogens is 3. The molecular formula is C21H17ClN4O2S. The molecule has 4 rings (SSSR count). The first-order valence-electron chi connectivity index (χ1n) is 9.03. The maximum atomic E-state index is 12.3. The molecule has 1 amide bonds. The van der Waals surface area contributed by atoms with Crippen LogP contribution in [0.5, 0.6) is 0 Å². The van der Waals surface area contributed by atoms with Gasteiger partial charge in [0, 0.05) is 34.3 Å². The van der Waals surface area contributed by atoms with Crippen LogP contribution in [-0.4, -0.2) is 20.7 Å². The first kappa shape index (κ1) is 19.3. The Morgan fingerprint density at radius 2 is 1.90 bits per heavy atom. The van der Waals surface area contributed by atoms with Crippen LogP contribution in [0.4, 0.5) is 5.13 Å². The van der Waals surface area contributed by atoms with Gasteiger partial charge in [0.05, 0.1) is 18.3 Å². The second-order valence-corrected chi connectivity index (χ2v) is 7.97. The number of para-hydroxylation sites is 1. The summed E-state index contributed by atoms with van der Waals surface area (Å²) in [6.07, 6.45) is 3.92. The van der Waals surface area contributed by atoms with Crippen molar-refractivity contribution in [2.75, 3.05) is 5.32 Å². The van der Waals surface area contributed by atoms with Crippen LogP contribution in [0.2, 0.25) is 5.02 Å². The number of nitrogens with one attached hydrogen (secondary N) is 1. The number of anilines is 1. The highest BCUT2D eigenvalue weighted by Crippen LogP contribution is 2.24. The fraction of sp³-hybridized carbons (Fsp3) is 0.143. The van der Waals surface area contributed by atoms with Crippen molar-refractivity contribution < 1.29 is 4.79 Å². The van der Waals surface area contributed by atoms with E-state index in [9.17, 15) is 9.59 Å². The normalized spacial score (nSPS) is 10.9. The SMILES string of the molecule is O=C(CCn1ncc(=O)c2ccccc21)Nc1ncc(Cc2ccccc2Cl)s1. The van der Waals surface area contributed by atoms with Crippen LogP contribution in [0.15, 0.2) is 65.7 Å². The second-order valence-electron chi connectivity index (χ2n) is 6.45. The zero-order chi connectivity index (χ0) is 20.2. The maximum Gasteiger partial charge on any atom is 0.228 e. The lowest BCUT2D eigenvalue weighted by Crippen LogP contribution is -2.17. The van der Waals surface area contributed by atoms with Crippen LogP contribution < -0.4 is 10.7 Å². The van der Waals surface area contributed by atoms with Crippen molar-refractivity contribution in [2.45, 2.75) is 19.4 Å². The van der Waals surface area contributed by atoms with E-state index in [-0.39, 0.29) is 17.8 Å². The molecule has 0 aliphatic heterocycles. The van der Waals surface area contributed by atoms with Crippen molar-refractivity contribution in [3.8, 4) is 0 Å². The molecule has 1 N–H and O–H groups in total. The summed E-state index contributed by atoms with van der Waals surface area (Å²) < 4.78 is 1.67. The monoisotopic (exact) mass is 424 g/mol. The van der Waals surface area contributed by atoms with E-state index in [1.807, 2.05) is 42.5 Å². The van der Waals surface area contributed by atoms with E-state index in [4.69, 9.17) is 11.6 Å². The average molecular weight is 425 g/mol. The summed E-state index contributed by atoms with van der Waals surface area (Å²) in [6.45, 7) is 0.366. The van der Waals surface area contributed by atoms with Crippen molar-refractivity contribution in [1.29, 1.82) is 0 Å². The summed E-state index contributed by atoms with van der Waals surface area (Å²) in [7, 11) is 0. The van der Waals surface area contributed by atoms with Crippen LogP contribution in [0.25, 0.3) is 10.9 Å². The summed E-state index contributed by atoms with van der Waals surface area (Å²) >= 11 is 7.63. The molecule has 4 aromatic rings. The summed E-state index contributed by atoms with van der Waals surface area (Å²) in [5, 5.41) is 8.82. The fourth-order valence-corrected chi connectivity index (χ4v) is 4.06. The molecule has 2 heterocycles. The van der Waals surface area contributed by atoms with Gasteiger partial charge in [0.15, 0.2) is 5.13 Å². The highest BCUT2D eigenvalue weighted by Gasteiger charge is 2.10. The van der Waals surface area contributed by atoms with Gasteiger partial charge in [-0.25, -0.2) is 4.98 Å². The Hall–Kier alpha value is -3.03. The van der Waals surface area contributed by atoms with Crippen LogP contribution >= 0.6 is 22.9 Å². The van der Waals surface area contributed by atoms with Crippen LogP contribution in [-0.2, 0) is 17.8 Å². The number of carbonyl (C=O) groups excluding carboxylic acids is 1. The van der Waals surface area contributed by atoms with Gasteiger partial charge in [-0.1, -0.05) is 41.9 Å². The maximum absolute atomic E-state index is 12.3. The Morgan fingerprint density at radius 3 is 2.76 bits per heavy atom. The van der Waals surface area contributed by atoms with E-state index in [0.717, 1.165) is 10.4 Å². The lowest BCUT2D eigenvalue weighted by Gasteiger charge is -2.08. The average Bonchev–Trinajstić information content (AvgIpc) is 3.16. The molecule has 146 valence electrons. The molecule has 0 bridgehead atoms. The lowest BCUT2D eigenvalue weighted by molar-refractivity contribution is -0.116. The number of hydrogen-bond donors (Lipinski definition) is 1. The van der Waals surface area contributed by atoms with E-state index in [1.165, 1.54) is 17.5 Å². The zero-order valence-electron chi connectivity index (χ0n) is 15.3. The topological polar surface area (TPSA) is 76.9 Å². The van der Waals surface area contributed by atoms with Crippen LogP contribution in [0, 0.1) is 0 Å². The number of rotatable bonds is 6. The van der Waals surface area contributed by atoms with Gasteiger partial charge in [-0.3, -0.25) is 14.3 Å². The third kappa shape index (κ3) is 4.52. The van der Waals surface area contributed by atoms with E-state index >= 15 is 0 Å². The molecule has 0 spiro atoms. The summed E-state index contributed by atoms with van der Waals surface area (Å²) in [6, 6.07) is 14.9. The Morgan fingerprint density at radius 1 is 1.10 bits per heavy atom. The van der Waals surface area contributed by atoms with Crippen molar-refractivity contribution in [2.24, 2.45) is 0 Å². The number of hydrogen-bond acceptors (Lipinski definition) is 5. The lowest BCUT2D eigenvalue weighted by atomic mass is 10.1. The van der Waals surface area contributed by atoms with Gasteiger partial charge in [0.1, 0.15) is 0 Å². The minimum Gasteiger partial charge on any atom is -0.302 e. The second kappa shape index (κ2) is 8.55. The predicted molar refractivity (Wildman–Crippen MR) is 116 cm³/mol. The summed E-state index contributed by atoms with van der Waals surface area (Å²) in [5.41, 5.74) is 1.60. The van der Waals surface area contributed by atoms with Crippen molar-refractivity contribution >= 4 is 44.9 Å². The van der Waals surface area contributed by atoms with Gasteiger partial charge < -0.3 is 5.32 Å². The van der Waals surface area contributed by atoms with Gasteiger partial charge in [-0.05, 0) is 23.8 Å². The summed E-state index contributed by atoms with van der Waals surface area (Å²) in [5.74, 6) is -0.159. The van der Waals surface area contributed by atoms with Gasteiger partial charge in [-0.2, -0.15) is 5.10 Å². The molecule has 2 aromatic carbocycles. The minimum absolute atomic E-state index is 0.130. The molecule has 0 saturated carbocycles. The van der Waals surface area contributed by atoms with E-state index in [0.29, 0.717) is 34.0 Å². The molecular weight excluding hydrogens is 408 g/mol. The molecule has 0 aliphatic rings. The quantitative estimate of drug-likeness (QED) is 0.505. The van der Waals surface area contributed by atoms with Crippen LogP contribution in [0.1, 0.15) is 16.9 Å². The molecule has 2 aromatic heterocycles. The fourth-order valence-electron chi connectivity index (χ4n) is 3.00. The predicted octanol–water partition coefficient (Wildman–Crippen LogP) is 4.13. The number of halogens is 1. The zero-order valence-corrected chi connectivity index (χ0v) is 16.9. The number of benzene rings is 2.